The van der Waals surface area contributed by atoms with Crippen molar-refractivity contribution in [2.24, 2.45) is 0 Å². The maximum atomic E-state index is 13.4. The van der Waals surface area contributed by atoms with Crippen molar-refractivity contribution < 1.29 is 27.8 Å². The van der Waals surface area contributed by atoms with Gasteiger partial charge in [-0.3, -0.25) is 9.59 Å². The third-order valence-corrected chi connectivity index (χ3v) is 4.10. The summed E-state index contributed by atoms with van der Waals surface area (Å²) < 4.78 is 36.9. The molecule has 2 amide bonds. The first-order chi connectivity index (χ1) is 13.3. The van der Waals surface area contributed by atoms with E-state index in [0.717, 1.165) is 17.7 Å². The number of nitrogens with one attached hydrogen (secondary N) is 1. The Morgan fingerprint density at radius 1 is 1.00 bits per heavy atom. The SMILES string of the molecule is COc1ccc(CNC(=O)CCN(C(C)=O)c2ccc(F)c(F)c2)cc1OC. The molecule has 1 N–H and O–H groups in total. The molecule has 0 atom stereocenters. The number of hydrogen-bond donors (Lipinski definition) is 1. The van der Waals surface area contributed by atoms with Crippen molar-refractivity contribution >= 4 is 17.5 Å². The van der Waals surface area contributed by atoms with Gasteiger partial charge in [-0.2, -0.15) is 0 Å². The number of rotatable bonds is 8. The van der Waals surface area contributed by atoms with Crippen LogP contribution in [-0.2, 0) is 16.1 Å². The maximum Gasteiger partial charge on any atom is 0.223 e. The molecule has 0 unspecified atom stereocenters. The zero-order valence-corrected chi connectivity index (χ0v) is 15.9. The third-order valence-electron chi connectivity index (χ3n) is 4.10. The molecule has 0 saturated carbocycles. The van der Waals surface area contributed by atoms with Gasteiger partial charge in [-0.05, 0) is 29.8 Å². The Bertz CT molecular complexity index is 858. The summed E-state index contributed by atoms with van der Waals surface area (Å²) in [4.78, 5) is 25.2. The molecular formula is C20H22F2N2O4. The van der Waals surface area contributed by atoms with Crippen molar-refractivity contribution in [2.45, 2.75) is 19.9 Å². The quantitative estimate of drug-likeness (QED) is 0.750. The molecule has 0 aliphatic rings. The van der Waals surface area contributed by atoms with E-state index < -0.39 is 11.6 Å². The minimum atomic E-state index is -1.05. The van der Waals surface area contributed by atoms with Gasteiger partial charge in [0, 0.05) is 38.2 Å². The van der Waals surface area contributed by atoms with E-state index in [0.29, 0.717) is 11.5 Å². The van der Waals surface area contributed by atoms with Gasteiger partial charge in [0.2, 0.25) is 11.8 Å². The van der Waals surface area contributed by atoms with Crippen LogP contribution in [0.5, 0.6) is 11.5 Å². The second-order valence-electron chi connectivity index (χ2n) is 5.99. The predicted molar refractivity (Wildman–Crippen MR) is 100 cm³/mol. The number of nitrogens with zero attached hydrogens (tertiary/aromatic N) is 1. The number of carbonyl (C=O) groups excluding carboxylic acids is 2. The third kappa shape index (κ3) is 5.42. The van der Waals surface area contributed by atoms with Crippen molar-refractivity contribution in [1.82, 2.24) is 5.32 Å². The zero-order valence-electron chi connectivity index (χ0n) is 15.9. The zero-order chi connectivity index (χ0) is 20.7. The molecule has 150 valence electrons. The van der Waals surface area contributed by atoms with E-state index in [1.807, 2.05) is 0 Å². The summed E-state index contributed by atoms with van der Waals surface area (Å²) in [6, 6.07) is 8.45. The van der Waals surface area contributed by atoms with E-state index in [2.05, 4.69) is 5.32 Å². The van der Waals surface area contributed by atoms with E-state index in [-0.39, 0.29) is 37.0 Å². The maximum absolute atomic E-state index is 13.4. The molecule has 0 fully saturated rings. The average Bonchev–Trinajstić information content (AvgIpc) is 2.68. The summed E-state index contributed by atoms with van der Waals surface area (Å²) in [5, 5.41) is 2.75. The molecule has 0 bridgehead atoms. The first kappa shape index (κ1) is 21.1. The van der Waals surface area contributed by atoms with Gasteiger partial charge in [0.25, 0.3) is 0 Å². The Morgan fingerprint density at radius 2 is 1.71 bits per heavy atom. The molecule has 0 spiro atoms. The molecule has 0 aliphatic carbocycles. The lowest BCUT2D eigenvalue weighted by atomic mass is 10.2. The summed E-state index contributed by atoms with van der Waals surface area (Å²) >= 11 is 0. The monoisotopic (exact) mass is 392 g/mol. The van der Waals surface area contributed by atoms with Crippen LogP contribution in [0.4, 0.5) is 14.5 Å². The van der Waals surface area contributed by atoms with Crippen LogP contribution in [0, 0.1) is 11.6 Å². The molecular weight excluding hydrogens is 370 g/mol. The lowest BCUT2D eigenvalue weighted by molar-refractivity contribution is -0.121. The van der Waals surface area contributed by atoms with Crippen LogP contribution >= 0.6 is 0 Å². The van der Waals surface area contributed by atoms with Crippen LogP contribution in [0.3, 0.4) is 0 Å². The van der Waals surface area contributed by atoms with Crippen LogP contribution in [0.25, 0.3) is 0 Å². The molecule has 2 aromatic carbocycles. The fourth-order valence-electron chi connectivity index (χ4n) is 2.61. The van der Waals surface area contributed by atoms with Gasteiger partial charge in [-0.15, -0.1) is 0 Å². The number of carbonyl (C=O) groups is 2. The van der Waals surface area contributed by atoms with Gasteiger partial charge in [0.15, 0.2) is 23.1 Å². The normalized spacial score (nSPS) is 10.3. The molecule has 0 aliphatic heterocycles. The topological polar surface area (TPSA) is 67.9 Å². The summed E-state index contributed by atoms with van der Waals surface area (Å²) in [5.41, 5.74) is 1.01. The van der Waals surface area contributed by atoms with Crippen molar-refractivity contribution in [3.05, 3.63) is 53.6 Å². The molecule has 8 heteroatoms. The highest BCUT2D eigenvalue weighted by Crippen LogP contribution is 2.27. The van der Waals surface area contributed by atoms with Gasteiger partial charge < -0.3 is 19.7 Å². The highest BCUT2D eigenvalue weighted by atomic mass is 19.2. The van der Waals surface area contributed by atoms with E-state index in [4.69, 9.17) is 9.47 Å². The van der Waals surface area contributed by atoms with E-state index in [1.54, 1.807) is 18.2 Å². The number of halogens is 2. The average molecular weight is 392 g/mol. The Hall–Kier alpha value is -3.16. The predicted octanol–water partition coefficient (Wildman–Crippen LogP) is 3.04. The fraction of sp³-hybridized carbons (Fsp3) is 0.300. The second kappa shape index (κ2) is 9.68. The van der Waals surface area contributed by atoms with E-state index in [9.17, 15) is 18.4 Å². The summed E-state index contributed by atoms with van der Waals surface area (Å²) in [5.74, 6) is -1.58. The molecule has 2 aromatic rings. The largest absolute Gasteiger partial charge is 0.493 e. The molecule has 0 radical (unpaired) electrons. The number of anilines is 1. The van der Waals surface area contributed by atoms with E-state index in [1.165, 1.54) is 32.1 Å². The van der Waals surface area contributed by atoms with Gasteiger partial charge >= 0.3 is 0 Å². The lowest BCUT2D eigenvalue weighted by Crippen LogP contribution is -2.33. The Kier molecular flexibility index (Phi) is 7.31. The minimum Gasteiger partial charge on any atom is -0.493 e. The fourth-order valence-corrected chi connectivity index (χ4v) is 2.61. The van der Waals surface area contributed by atoms with Gasteiger partial charge in [-0.25, -0.2) is 8.78 Å². The van der Waals surface area contributed by atoms with Crippen LogP contribution in [-0.4, -0.2) is 32.6 Å². The van der Waals surface area contributed by atoms with Crippen LogP contribution in [0.2, 0.25) is 0 Å². The van der Waals surface area contributed by atoms with Gasteiger partial charge in [-0.1, -0.05) is 6.07 Å². The highest BCUT2D eigenvalue weighted by Gasteiger charge is 2.15. The molecule has 0 saturated heterocycles. The molecule has 0 heterocycles. The highest BCUT2D eigenvalue weighted by molar-refractivity contribution is 5.92. The second-order valence-corrected chi connectivity index (χ2v) is 5.99. The van der Waals surface area contributed by atoms with E-state index >= 15 is 0 Å². The first-order valence-electron chi connectivity index (χ1n) is 8.56. The first-order valence-corrected chi connectivity index (χ1v) is 8.56. The van der Waals surface area contributed by atoms with Crippen LogP contribution < -0.4 is 19.7 Å². The number of methoxy groups -OCH3 is 2. The van der Waals surface area contributed by atoms with Crippen LogP contribution in [0.15, 0.2) is 36.4 Å². The lowest BCUT2D eigenvalue weighted by Gasteiger charge is -2.21. The molecule has 28 heavy (non-hydrogen) atoms. The number of hydrogen-bond acceptors (Lipinski definition) is 4. The number of benzene rings is 2. The summed E-state index contributed by atoms with van der Waals surface area (Å²) in [6.45, 7) is 1.60. The Morgan fingerprint density at radius 3 is 2.32 bits per heavy atom. The summed E-state index contributed by atoms with van der Waals surface area (Å²) in [7, 11) is 3.06. The van der Waals surface area contributed by atoms with Gasteiger partial charge in [0.05, 0.1) is 14.2 Å². The Labute approximate surface area is 162 Å². The summed E-state index contributed by atoms with van der Waals surface area (Å²) in [6.07, 6.45) is 0.00582. The number of ether oxygens (including phenoxy) is 2. The van der Waals surface area contributed by atoms with Gasteiger partial charge in [0.1, 0.15) is 0 Å². The smallest absolute Gasteiger partial charge is 0.223 e. The molecule has 0 aromatic heterocycles. The van der Waals surface area contributed by atoms with Crippen molar-refractivity contribution in [3.63, 3.8) is 0 Å². The van der Waals surface area contributed by atoms with Crippen molar-refractivity contribution in [3.8, 4) is 11.5 Å². The standard InChI is InChI=1S/C20H22F2N2O4/c1-13(25)24(15-5-6-16(21)17(22)11-15)9-8-20(26)23-12-14-4-7-18(27-2)19(10-14)28-3/h4-7,10-11H,8-9,12H2,1-3H3,(H,23,26). The van der Waals surface area contributed by atoms with Crippen molar-refractivity contribution in [1.29, 1.82) is 0 Å². The number of amides is 2. The van der Waals surface area contributed by atoms with Crippen LogP contribution in [0.1, 0.15) is 18.9 Å². The molecule has 6 nitrogen and oxygen atoms in total. The van der Waals surface area contributed by atoms with Crippen molar-refractivity contribution in [2.75, 3.05) is 25.7 Å². The Balaban J connectivity index is 1.94. The molecule has 2 rings (SSSR count). The minimum absolute atomic E-state index is 0.00582.